The fourth-order valence-corrected chi connectivity index (χ4v) is 4.95. The van der Waals surface area contributed by atoms with Crippen LogP contribution < -0.4 is 16.0 Å². The number of aromatic nitrogens is 2. The molecule has 0 aliphatic rings. The quantitative estimate of drug-likeness (QED) is 0.0987. The van der Waals surface area contributed by atoms with Crippen LogP contribution in [-0.4, -0.2) is 69.1 Å². The van der Waals surface area contributed by atoms with Crippen LogP contribution in [0, 0.1) is 0 Å². The number of fused-ring (bicyclic) bond motifs is 1. The topological polar surface area (TPSA) is 192 Å². The number of carbonyl (C=O) groups excluding carboxylic acids is 4. The minimum atomic E-state index is -1.43. The molecule has 0 spiro atoms. The number of hydrogen-bond donors (Lipinski definition) is 5. The number of amides is 4. The number of carbonyl (C=O) groups is 5. The molecule has 5 aromatic rings. The first-order valence-corrected chi connectivity index (χ1v) is 16.0. The van der Waals surface area contributed by atoms with Crippen molar-refractivity contribution in [1.82, 2.24) is 25.5 Å². The second-order valence-electron chi connectivity index (χ2n) is 11.3. The number of anilines is 1. The minimum absolute atomic E-state index is 0.0424. The van der Waals surface area contributed by atoms with Crippen LogP contribution in [0.4, 0.5) is 15.3 Å². The molecule has 51 heavy (non-hydrogen) atoms. The van der Waals surface area contributed by atoms with Crippen molar-refractivity contribution >= 4 is 46.7 Å². The Bertz CT molecular complexity index is 1950. The van der Waals surface area contributed by atoms with Crippen LogP contribution in [0.25, 0.3) is 11.0 Å². The number of benzene rings is 4. The van der Waals surface area contributed by atoms with E-state index >= 15 is 0 Å². The van der Waals surface area contributed by atoms with Crippen LogP contribution in [-0.2, 0) is 34.0 Å². The van der Waals surface area contributed by atoms with Gasteiger partial charge in [-0.15, -0.1) is 0 Å². The lowest BCUT2D eigenvalue weighted by Crippen LogP contribution is -2.48. The van der Waals surface area contributed by atoms with Gasteiger partial charge in [-0.3, -0.25) is 4.79 Å². The van der Waals surface area contributed by atoms with Crippen LogP contribution >= 0.6 is 0 Å². The number of urea groups is 1. The van der Waals surface area contributed by atoms with E-state index in [2.05, 4.69) is 25.9 Å². The van der Waals surface area contributed by atoms with Gasteiger partial charge < -0.3 is 40.4 Å². The van der Waals surface area contributed by atoms with Gasteiger partial charge in [0, 0.05) is 24.3 Å². The largest absolute Gasteiger partial charge is 0.480 e. The van der Waals surface area contributed by atoms with Crippen molar-refractivity contribution in [3.63, 3.8) is 0 Å². The second kappa shape index (κ2) is 17.1. The standard InChI is InChI=1S/C37H36N6O8/c1-2-50-35(47)27-16-18-28(19-17-27)39-36(48)43(22-32-40-29-10-6-7-11-30(29)41-32)21-24-12-14-26(15-13-24)33(44)38-20-31(34(45)46)42-37(49)51-23-25-8-4-3-5-9-25/h3-19,31H,2,20-23H2,1H3,(H,38,44)(H,39,48)(H,40,41)(H,42,49)(H,45,46)/t31-/m0/s1. The molecule has 0 saturated carbocycles. The summed E-state index contributed by atoms with van der Waals surface area (Å²) >= 11 is 0. The van der Waals surface area contributed by atoms with Crippen molar-refractivity contribution in [3.8, 4) is 0 Å². The zero-order chi connectivity index (χ0) is 36.2. The first-order chi connectivity index (χ1) is 24.7. The molecular formula is C37H36N6O8. The maximum Gasteiger partial charge on any atom is 0.408 e. The highest BCUT2D eigenvalue weighted by Gasteiger charge is 2.22. The molecular weight excluding hydrogens is 656 g/mol. The third-order valence-electron chi connectivity index (χ3n) is 7.57. The zero-order valence-electron chi connectivity index (χ0n) is 27.6. The lowest BCUT2D eigenvalue weighted by molar-refractivity contribution is -0.139. The number of carboxylic acid groups (broad SMARTS) is 1. The monoisotopic (exact) mass is 692 g/mol. The van der Waals surface area contributed by atoms with Gasteiger partial charge in [0.25, 0.3) is 5.91 Å². The Balaban J connectivity index is 1.21. The molecule has 1 heterocycles. The normalized spacial score (nSPS) is 11.2. The molecule has 0 fully saturated rings. The molecule has 5 rings (SSSR count). The number of H-pyrrole nitrogens is 1. The number of carboxylic acids is 1. The van der Waals surface area contributed by atoms with E-state index in [1.54, 1.807) is 79.7 Å². The molecule has 4 amide bonds. The van der Waals surface area contributed by atoms with E-state index in [0.29, 0.717) is 22.6 Å². The van der Waals surface area contributed by atoms with E-state index < -0.39 is 36.0 Å². The Morgan fingerprint density at radius 2 is 1.49 bits per heavy atom. The van der Waals surface area contributed by atoms with Gasteiger partial charge in [0.05, 0.1) is 29.7 Å². The maximum atomic E-state index is 13.6. The summed E-state index contributed by atoms with van der Waals surface area (Å²) in [5, 5.41) is 17.2. The van der Waals surface area contributed by atoms with E-state index in [0.717, 1.165) is 16.6 Å². The minimum Gasteiger partial charge on any atom is -0.480 e. The Labute approximate surface area is 292 Å². The molecule has 14 heteroatoms. The molecule has 0 unspecified atom stereocenters. The fourth-order valence-electron chi connectivity index (χ4n) is 4.95. The van der Waals surface area contributed by atoms with Gasteiger partial charge in [0.1, 0.15) is 18.5 Å². The lowest BCUT2D eigenvalue weighted by Gasteiger charge is -2.22. The predicted octanol–water partition coefficient (Wildman–Crippen LogP) is 5.08. The zero-order valence-corrected chi connectivity index (χ0v) is 27.6. The number of rotatable bonds is 14. The van der Waals surface area contributed by atoms with Crippen LogP contribution in [0.15, 0.2) is 103 Å². The van der Waals surface area contributed by atoms with Gasteiger partial charge in [0.15, 0.2) is 0 Å². The van der Waals surface area contributed by atoms with Gasteiger partial charge >= 0.3 is 24.1 Å². The van der Waals surface area contributed by atoms with Gasteiger partial charge in [-0.05, 0) is 66.6 Å². The molecule has 0 radical (unpaired) electrons. The number of nitrogens with one attached hydrogen (secondary N) is 4. The van der Waals surface area contributed by atoms with E-state index in [1.165, 1.54) is 4.90 Å². The number of nitrogens with zero attached hydrogens (tertiary/aromatic N) is 2. The predicted molar refractivity (Wildman–Crippen MR) is 187 cm³/mol. The van der Waals surface area contributed by atoms with Crippen molar-refractivity contribution in [2.75, 3.05) is 18.5 Å². The Morgan fingerprint density at radius 3 is 2.18 bits per heavy atom. The van der Waals surface area contributed by atoms with Gasteiger partial charge in [0.2, 0.25) is 0 Å². The second-order valence-corrected chi connectivity index (χ2v) is 11.3. The third kappa shape index (κ3) is 10.2. The van der Waals surface area contributed by atoms with Gasteiger partial charge in [-0.25, -0.2) is 24.2 Å². The Morgan fingerprint density at radius 1 is 0.804 bits per heavy atom. The molecule has 5 N–H and O–H groups in total. The van der Waals surface area contributed by atoms with Crippen LogP contribution in [0.1, 0.15) is 44.6 Å². The summed E-state index contributed by atoms with van der Waals surface area (Å²) in [5.41, 5.74) is 4.06. The van der Waals surface area contributed by atoms with Crippen LogP contribution in [0.5, 0.6) is 0 Å². The van der Waals surface area contributed by atoms with Crippen molar-refractivity contribution in [2.24, 2.45) is 0 Å². The molecule has 0 saturated heterocycles. The number of aliphatic carboxylic acids is 1. The third-order valence-corrected chi connectivity index (χ3v) is 7.57. The summed E-state index contributed by atoms with van der Waals surface area (Å²) in [6.07, 6.45) is -0.935. The highest BCUT2D eigenvalue weighted by molar-refractivity contribution is 5.95. The van der Waals surface area contributed by atoms with Gasteiger partial charge in [-0.1, -0.05) is 54.6 Å². The molecule has 262 valence electrons. The average molecular weight is 693 g/mol. The number of para-hydroxylation sites is 2. The van der Waals surface area contributed by atoms with Crippen LogP contribution in [0.3, 0.4) is 0 Å². The lowest BCUT2D eigenvalue weighted by atomic mass is 10.1. The number of imidazole rings is 1. The number of ether oxygens (including phenoxy) is 2. The molecule has 0 bridgehead atoms. The highest BCUT2D eigenvalue weighted by Crippen LogP contribution is 2.17. The molecule has 1 aromatic heterocycles. The smallest absolute Gasteiger partial charge is 0.408 e. The average Bonchev–Trinajstić information content (AvgIpc) is 3.55. The number of alkyl carbamates (subject to hydrolysis) is 1. The molecule has 0 aliphatic heterocycles. The van der Waals surface area contributed by atoms with E-state index in [1.807, 2.05) is 30.3 Å². The molecule has 1 atom stereocenters. The van der Waals surface area contributed by atoms with E-state index in [9.17, 15) is 29.1 Å². The number of esters is 1. The molecule has 0 aliphatic carbocycles. The molecule has 4 aromatic carbocycles. The Hall–Kier alpha value is -6.70. The van der Waals surface area contributed by atoms with Crippen molar-refractivity contribution in [2.45, 2.75) is 32.7 Å². The first-order valence-electron chi connectivity index (χ1n) is 16.0. The number of hydrogen-bond acceptors (Lipinski definition) is 8. The summed E-state index contributed by atoms with van der Waals surface area (Å²) in [6.45, 7) is 1.80. The van der Waals surface area contributed by atoms with E-state index in [-0.39, 0.29) is 38.4 Å². The van der Waals surface area contributed by atoms with Crippen molar-refractivity contribution in [3.05, 3.63) is 131 Å². The first kappa shape index (κ1) is 35.6. The van der Waals surface area contributed by atoms with Crippen molar-refractivity contribution < 1.29 is 38.6 Å². The fraction of sp³-hybridized carbons (Fsp3) is 0.189. The summed E-state index contributed by atoms with van der Waals surface area (Å²) in [6, 6.07) is 27.3. The SMILES string of the molecule is CCOC(=O)c1ccc(NC(=O)N(Cc2ccc(C(=O)NC[C@H](NC(=O)OCc3ccccc3)C(=O)O)cc2)Cc2nc3ccccc3[nH]2)cc1. The molecule has 14 nitrogen and oxygen atoms in total. The van der Waals surface area contributed by atoms with Crippen LogP contribution in [0.2, 0.25) is 0 Å². The summed E-state index contributed by atoms with van der Waals surface area (Å²) in [5.74, 6) is -1.81. The van der Waals surface area contributed by atoms with Crippen molar-refractivity contribution in [1.29, 1.82) is 0 Å². The maximum absolute atomic E-state index is 13.6. The van der Waals surface area contributed by atoms with Gasteiger partial charge in [-0.2, -0.15) is 0 Å². The highest BCUT2D eigenvalue weighted by atomic mass is 16.5. The van der Waals surface area contributed by atoms with E-state index in [4.69, 9.17) is 9.47 Å². The summed E-state index contributed by atoms with van der Waals surface area (Å²) in [4.78, 5) is 71.7. The Kier molecular flexibility index (Phi) is 11.9. The summed E-state index contributed by atoms with van der Waals surface area (Å²) < 4.78 is 10.1. The summed E-state index contributed by atoms with van der Waals surface area (Å²) in [7, 11) is 0. The number of aromatic amines is 1.